The van der Waals surface area contributed by atoms with Crippen molar-refractivity contribution in [1.29, 1.82) is 0 Å². The number of carbonyl (C=O) groups is 1. The van der Waals surface area contributed by atoms with Crippen molar-refractivity contribution in [2.75, 3.05) is 13.2 Å². The summed E-state index contributed by atoms with van der Waals surface area (Å²) in [5.41, 5.74) is 1.06. The molecule has 0 radical (unpaired) electrons. The van der Waals surface area contributed by atoms with Crippen LogP contribution < -0.4 is 0 Å². The van der Waals surface area contributed by atoms with E-state index in [1.165, 1.54) is 0 Å². The van der Waals surface area contributed by atoms with Crippen molar-refractivity contribution in [3.05, 3.63) is 35.9 Å². The summed E-state index contributed by atoms with van der Waals surface area (Å²) < 4.78 is 7.04. The average Bonchev–Trinajstić information content (AvgIpc) is 2.96. The van der Waals surface area contributed by atoms with Crippen LogP contribution in [0.2, 0.25) is 0 Å². The third-order valence-electron chi connectivity index (χ3n) is 3.09. The maximum absolute atomic E-state index is 11.2. The van der Waals surface area contributed by atoms with E-state index in [1.54, 1.807) is 22.7 Å². The summed E-state index contributed by atoms with van der Waals surface area (Å²) in [6.45, 7) is 1.34. The number of hydrogen-bond acceptors (Lipinski definition) is 3. The topological polar surface area (TPSA) is 63.8 Å². The number of rotatable bonds is 2. The lowest BCUT2D eigenvalue weighted by Crippen LogP contribution is -2.11. The van der Waals surface area contributed by atoms with Crippen molar-refractivity contribution in [3.63, 3.8) is 0 Å². The first-order valence-corrected chi connectivity index (χ1v) is 5.55. The Morgan fingerprint density at radius 3 is 3.12 bits per heavy atom. The second-order valence-electron chi connectivity index (χ2n) is 4.15. The second kappa shape index (κ2) is 3.85. The zero-order valence-electron chi connectivity index (χ0n) is 9.17. The summed E-state index contributed by atoms with van der Waals surface area (Å²) in [5, 5.41) is 9.19. The first kappa shape index (κ1) is 10.3. The predicted octanol–water partition coefficient (Wildman–Crippen LogP) is 1.54. The minimum atomic E-state index is -0.936. The molecule has 5 heteroatoms. The molecule has 0 amide bonds. The highest BCUT2D eigenvalue weighted by molar-refractivity contribution is 5.86. The smallest absolute Gasteiger partial charge is 0.352 e. The van der Waals surface area contributed by atoms with Gasteiger partial charge < -0.3 is 9.84 Å². The minimum Gasteiger partial charge on any atom is -0.477 e. The zero-order valence-corrected chi connectivity index (χ0v) is 9.17. The third-order valence-corrected chi connectivity index (χ3v) is 3.09. The summed E-state index contributed by atoms with van der Waals surface area (Å²) in [5.74, 6) is 0.0438. The van der Waals surface area contributed by atoms with E-state index in [0.29, 0.717) is 6.61 Å². The van der Waals surface area contributed by atoms with Crippen LogP contribution in [0.4, 0.5) is 0 Å². The van der Waals surface area contributed by atoms with E-state index in [0.717, 1.165) is 24.4 Å². The van der Waals surface area contributed by atoms with Crippen LogP contribution in [0.15, 0.2) is 24.4 Å². The highest BCUT2D eigenvalue weighted by Gasteiger charge is 2.24. The van der Waals surface area contributed by atoms with E-state index in [-0.39, 0.29) is 11.6 Å². The van der Waals surface area contributed by atoms with Crippen LogP contribution in [-0.2, 0) is 4.74 Å². The summed E-state index contributed by atoms with van der Waals surface area (Å²) in [6.07, 6.45) is 2.60. The fraction of sp³-hybridized carbons (Fsp3) is 0.333. The van der Waals surface area contributed by atoms with E-state index in [9.17, 15) is 9.90 Å². The number of pyridine rings is 1. The van der Waals surface area contributed by atoms with Crippen molar-refractivity contribution in [1.82, 2.24) is 9.38 Å². The largest absolute Gasteiger partial charge is 0.477 e. The molecule has 17 heavy (non-hydrogen) atoms. The normalized spacial score (nSPS) is 19.9. The van der Waals surface area contributed by atoms with Crippen molar-refractivity contribution in [2.45, 2.75) is 12.3 Å². The predicted molar refractivity (Wildman–Crippen MR) is 60.3 cm³/mol. The highest BCUT2D eigenvalue weighted by atomic mass is 16.5. The molecule has 3 heterocycles. The van der Waals surface area contributed by atoms with Gasteiger partial charge in [0.05, 0.1) is 18.3 Å². The fourth-order valence-corrected chi connectivity index (χ4v) is 2.27. The summed E-state index contributed by atoms with van der Waals surface area (Å²) in [7, 11) is 0. The van der Waals surface area contributed by atoms with E-state index in [2.05, 4.69) is 4.98 Å². The van der Waals surface area contributed by atoms with Crippen LogP contribution >= 0.6 is 0 Å². The Hall–Kier alpha value is -1.88. The molecule has 2 aromatic rings. The van der Waals surface area contributed by atoms with Crippen molar-refractivity contribution in [3.8, 4) is 0 Å². The first-order valence-electron chi connectivity index (χ1n) is 5.55. The Labute approximate surface area is 97.7 Å². The van der Waals surface area contributed by atoms with Gasteiger partial charge in [-0.3, -0.25) is 4.40 Å². The van der Waals surface area contributed by atoms with Gasteiger partial charge in [0.2, 0.25) is 0 Å². The molecule has 3 rings (SSSR count). The highest BCUT2D eigenvalue weighted by Crippen LogP contribution is 2.25. The quantitative estimate of drug-likeness (QED) is 0.853. The summed E-state index contributed by atoms with van der Waals surface area (Å²) >= 11 is 0. The van der Waals surface area contributed by atoms with Gasteiger partial charge in [0.1, 0.15) is 11.5 Å². The number of fused-ring (bicyclic) bond motifs is 1. The third kappa shape index (κ3) is 1.59. The molecule has 0 bridgehead atoms. The SMILES string of the molecule is O=C(O)c1cccc2cnc(C3CCOC3)n12. The molecule has 1 N–H and O–H groups in total. The number of hydrogen-bond donors (Lipinski definition) is 1. The lowest BCUT2D eigenvalue weighted by Gasteiger charge is -2.09. The number of aromatic carboxylic acids is 1. The van der Waals surface area contributed by atoms with Crippen molar-refractivity contribution >= 4 is 11.5 Å². The number of imidazole rings is 1. The Kier molecular flexibility index (Phi) is 2.33. The molecule has 1 aliphatic heterocycles. The molecule has 1 aliphatic rings. The van der Waals surface area contributed by atoms with Crippen molar-refractivity contribution in [2.24, 2.45) is 0 Å². The van der Waals surface area contributed by atoms with Crippen LogP contribution in [0.3, 0.4) is 0 Å². The number of carboxylic acid groups (broad SMARTS) is 1. The van der Waals surface area contributed by atoms with Gasteiger partial charge in [-0.25, -0.2) is 9.78 Å². The molecule has 0 aliphatic carbocycles. The van der Waals surface area contributed by atoms with Crippen LogP contribution in [0.25, 0.3) is 5.52 Å². The molecule has 0 spiro atoms. The molecular formula is C12H12N2O3. The number of aromatic nitrogens is 2. The molecule has 1 atom stereocenters. The van der Waals surface area contributed by atoms with Crippen LogP contribution in [0.1, 0.15) is 28.7 Å². The van der Waals surface area contributed by atoms with E-state index < -0.39 is 5.97 Å². The minimum absolute atomic E-state index is 0.193. The zero-order chi connectivity index (χ0) is 11.8. The lowest BCUT2D eigenvalue weighted by molar-refractivity contribution is 0.0688. The van der Waals surface area contributed by atoms with Crippen LogP contribution in [0.5, 0.6) is 0 Å². The Morgan fingerprint density at radius 2 is 2.41 bits per heavy atom. The standard InChI is InChI=1S/C12H12N2O3/c15-12(16)10-3-1-2-9-6-13-11(14(9)10)8-4-5-17-7-8/h1-3,6,8H,4-5,7H2,(H,15,16). The lowest BCUT2D eigenvalue weighted by atomic mass is 10.1. The van der Waals surface area contributed by atoms with Gasteiger partial charge in [-0.1, -0.05) is 6.07 Å². The molecular weight excluding hydrogens is 220 g/mol. The van der Waals surface area contributed by atoms with Crippen LogP contribution in [-0.4, -0.2) is 33.7 Å². The summed E-state index contributed by atoms with van der Waals surface area (Å²) in [4.78, 5) is 15.5. The molecule has 0 aromatic carbocycles. The van der Waals surface area contributed by atoms with E-state index >= 15 is 0 Å². The Morgan fingerprint density at radius 1 is 1.53 bits per heavy atom. The molecule has 88 valence electrons. The fourth-order valence-electron chi connectivity index (χ4n) is 2.27. The van der Waals surface area contributed by atoms with Gasteiger partial charge in [-0.05, 0) is 18.6 Å². The number of ether oxygens (including phenoxy) is 1. The molecule has 5 nitrogen and oxygen atoms in total. The Bertz CT molecular complexity index is 570. The van der Waals surface area contributed by atoms with Gasteiger partial charge in [0.15, 0.2) is 0 Å². The molecule has 1 fully saturated rings. The van der Waals surface area contributed by atoms with Crippen LogP contribution in [0, 0.1) is 0 Å². The average molecular weight is 232 g/mol. The summed E-state index contributed by atoms with van der Waals surface area (Å²) in [6, 6.07) is 5.18. The first-order chi connectivity index (χ1) is 8.27. The maximum Gasteiger partial charge on any atom is 0.352 e. The maximum atomic E-state index is 11.2. The molecule has 1 saturated heterocycles. The monoisotopic (exact) mass is 232 g/mol. The van der Waals surface area contributed by atoms with Gasteiger partial charge in [0, 0.05) is 12.5 Å². The van der Waals surface area contributed by atoms with Gasteiger partial charge in [0.25, 0.3) is 0 Å². The molecule has 2 aromatic heterocycles. The Balaban J connectivity index is 2.21. The van der Waals surface area contributed by atoms with E-state index in [1.807, 2.05) is 6.07 Å². The van der Waals surface area contributed by atoms with Gasteiger partial charge in [-0.2, -0.15) is 0 Å². The molecule has 0 saturated carbocycles. The van der Waals surface area contributed by atoms with Gasteiger partial charge >= 0.3 is 5.97 Å². The molecule has 1 unspecified atom stereocenters. The number of nitrogens with zero attached hydrogens (tertiary/aromatic N) is 2. The van der Waals surface area contributed by atoms with Gasteiger partial charge in [-0.15, -0.1) is 0 Å². The van der Waals surface area contributed by atoms with Crippen molar-refractivity contribution < 1.29 is 14.6 Å². The second-order valence-corrected chi connectivity index (χ2v) is 4.15. The van der Waals surface area contributed by atoms with E-state index in [4.69, 9.17) is 4.74 Å². The number of carboxylic acids is 1.